The maximum atomic E-state index is 13.0. The number of carbonyl (C=O) groups is 3. The summed E-state index contributed by atoms with van der Waals surface area (Å²) in [5.41, 5.74) is -2.08. The number of halogens is 9. The fourth-order valence-corrected chi connectivity index (χ4v) is 7.37. The van der Waals surface area contributed by atoms with Crippen molar-refractivity contribution in [1.82, 2.24) is 16.0 Å². The van der Waals surface area contributed by atoms with Crippen molar-refractivity contribution in [3.8, 4) is 0 Å². The maximum Gasteiger partial charge on any atom is 0.259 e. The molecule has 32 heavy (non-hydrogen) atoms. The smallest absolute Gasteiger partial charge is 0.259 e. The Morgan fingerprint density at radius 3 is 0.938 bits per heavy atom. The zero-order valence-corrected chi connectivity index (χ0v) is 30.6. The average molecular weight is 1030 g/mol. The minimum absolute atomic E-state index is 0.211. The largest absolute Gasteiger partial charge is 0.348 e. The Kier molecular flexibility index (Phi) is 8.40. The van der Waals surface area contributed by atoms with Crippen LogP contribution in [0, 0.1) is 5.41 Å². The Bertz CT molecular complexity index is 734. The summed E-state index contributed by atoms with van der Waals surface area (Å²) in [6.45, 7) is 2.16. The van der Waals surface area contributed by atoms with Crippen molar-refractivity contribution in [2.24, 2.45) is 5.41 Å². The third-order valence-electron chi connectivity index (χ3n) is 6.23. The van der Waals surface area contributed by atoms with Crippen LogP contribution >= 0.6 is 143 Å². The molecule has 0 spiro atoms. The second-order valence-corrected chi connectivity index (χ2v) is 29.9. The van der Waals surface area contributed by atoms with Gasteiger partial charge in [0.1, 0.15) is 0 Å². The first-order chi connectivity index (χ1) is 14.1. The van der Waals surface area contributed by atoms with Gasteiger partial charge in [0.2, 0.25) is 6.43 Å². The monoisotopic (exact) mass is 1020 g/mol. The van der Waals surface area contributed by atoms with E-state index in [1.807, 2.05) is 0 Å². The summed E-state index contributed by atoms with van der Waals surface area (Å²) in [4.78, 5) is 38.9. The highest BCUT2D eigenvalue weighted by molar-refractivity contribution is 9.40. The van der Waals surface area contributed by atoms with Crippen LogP contribution in [0.15, 0.2) is 0 Å². The van der Waals surface area contributed by atoms with Crippen LogP contribution < -0.4 is 16.0 Å². The lowest BCUT2D eigenvalue weighted by molar-refractivity contribution is -0.149. The van der Waals surface area contributed by atoms with Crippen molar-refractivity contribution < 1.29 is 14.4 Å². The third kappa shape index (κ3) is 6.40. The molecular weight excluding hydrogens is 1010 g/mol. The van der Waals surface area contributed by atoms with Gasteiger partial charge in [-0.25, -0.2) is 0 Å². The van der Waals surface area contributed by atoms with Crippen LogP contribution in [0.5, 0.6) is 0 Å². The van der Waals surface area contributed by atoms with E-state index in [9.17, 15) is 14.4 Å². The fourth-order valence-electron chi connectivity index (χ4n) is 6.48. The molecule has 0 radical (unpaired) electrons. The van der Waals surface area contributed by atoms with Gasteiger partial charge < -0.3 is 16.0 Å². The van der Waals surface area contributed by atoms with E-state index in [4.69, 9.17) is 0 Å². The Balaban J connectivity index is 2.05. The van der Waals surface area contributed by atoms with Crippen LogP contribution in [0.25, 0.3) is 0 Å². The van der Waals surface area contributed by atoms with Gasteiger partial charge in [0.25, 0.3) is 17.7 Å². The first kappa shape index (κ1) is 29.3. The van der Waals surface area contributed by atoms with Crippen molar-refractivity contribution in [2.45, 2.75) is 68.5 Å². The summed E-state index contributed by atoms with van der Waals surface area (Å²) < 4.78 is -3.34. The topological polar surface area (TPSA) is 87.3 Å². The lowest BCUT2D eigenvalue weighted by Crippen LogP contribution is -2.80. The maximum absolute atomic E-state index is 13.0. The molecule has 6 nitrogen and oxygen atoms in total. The number of amides is 3. The van der Waals surface area contributed by atoms with Crippen LogP contribution in [0.2, 0.25) is 0 Å². The first-order valence-corrected chi connectivity index (χ1v) is 16.4. The zero-order chi connectivity index (χ0) is 24.6. The Morgan fingerprint density at radius 1 is 0.531 bits per heavy atom. The average Bonchev–Trinajstić information content (AvgIpc) is 2.47. The van der Waals surface area contributed by atoms with Crippen LogP contribution in [-0.2, 0) is 14.4 Å². The van der Waals surface area contributed by atoms with E-state index in [-0.39, 0.29) is 23.1 Å². The van der Waals surface area contributed by atoms with Gasteiger partial charge in [0, 0.05) is 16.6 Å². The molecule has 0 atom stereocenters. The standard InChI is InChI=1S/C17H18Br9N3O3/c1-11-2-12(27-8(30)15(18,19)20)5-13(3-11,28-9(31)16(21,22)23)7-14(4-11,6-12)29-10(32)17(24,25)26/h2-7H2,1H3,(H,27,30)(H,28,31)(H,29,32). The Hall–Kier alpha value is 2.73. The SMILES string of the molecule is CC12CC3(NC(=O)C(Br)(Br)Br)CC(NC(=O)C(Br)(Br)Br)(C1)CC(NC(=O)C(Br)(Br)Br)(C2)C3. The molecule has 4 saturated carbocycles. The normalized spacial score (nSPS) is 36.6. The molecular formula is C17H18Br9N3O3. The van der Waals surface area contributed by atoms with Crippen molar-refractivity contribution in [1.29, 1.82) is 0 Å². The molecule has 3 N–H and O–H groups in total. The quantitative estimate of drug-likeness (QED) is 0.285. The molecule has 0 heterocycles. The van der Waals surface area contributed by atoms with Crippen LogP contribution in [0.4, 0.5) is 0 Å². The highest BCUT2D eigenvalue weighted by atomic mass is 80.0. The number of carbonyl (C=O) groups excluding carboxylic acids is 3. The molecule has 0 unspecified atom stereocenters. The van der Waals surface area contributed by atoms with Gasteiger partial charge in [0.05, 0.1) is 0 Å². The highest BCUT2D eigenvalue weighted by Crippen LogP contribution is 2.65. The molecule has 0 aliphatic heterocycles. The van der Waals surface area contributed by atoms with Gasteiger partial charge in [-0.3, -0.25) is 14.4 Å². The van der Waals surface area contributed by atoms with Gasteiger partial charge >= 0.3 is 0 Å². The summed E-state index contributed by atoms with van der Waals surface area (Å²) in [5, 5.41) is 9.63. The van der Waals surface area contributed by atoms with Gasteiger partial charge in [-0.2, -0.15) is 0 Å². The summed E-state index contributed by atoms with van der Waals surface area (Å²) in [6, 6.07) is 0. The number of rotatable bonds is 3. The van der Waals surface area contributed by atoms with Crippen LogP contribution in [0.3, 0.4) is 0 Å². The van der Waals surface area contributed by atoms with Gasteiger partial charge in [-0.1, -0.05) is 6.92 Å². The predicted octanol–water partition coefficient (Wildman–Crippen LogP) is 6.45. The molecule has 0 aromatic heterocycles. The van der Waals surface area contributed by atoms with Gasteiger partial charge in [0.15, 0.2) is 0 Å². The minimum Gasteiger partial charge on any atom is -0.348 e. The van der Waals surface area contributed by atoms with Crippen LogP contribution in [0.1, 0.15) is 45.4 Å². The van der Waals surface area contributed by atoms with Crippen LogP contribution in [-0.4, -0.2) is 40.8 Å². The molecule has 0 aromatic carbocycles. The van der Waals surface area contributed by atoms with E-state index in [0.29, 0.717) is 19.3 Å². The molecule has 4 rings (SSSR count). The van der Waals surface area contributed by atoms with Crippen molar-refractivity contribution in [2.75, 3.05) is 0 Å². The highest BCUT2D eigenvalue weighted by Gasteiger charge is 2.69. The first-order valence-electron chi connectivity index (χ1n) is 9.31. The van der Waals surface area contributed by atoms with Crippen molar-refractivity contribution >= 4 is 161 Å². The van der Waals surface area contributed by atoms with Gasteiger partial charge in [-0.15, -0.1) is 0 Å². The van der Waals surface area contributed by atoms with Crippen molar-refractivity contribution in [3.05, 3.63) is 0 Å². The van der Waals surface area contributed by atoms with E-state index in [2.05, 4.69) is 166 Å². The molecule has 0 saturated heterocycles. The minimum atomic E-state index is -1.11. The number of hydrogen-bond donors (Lipinski definition) is 3. The molecule has 15 heteroatoms. The Labute approximate surface area is 262 Å². The van der Waals surface area contributed by atoms with E-state index in [0.717, 1.165) is 19.3 Å². The summed E-state index contributed by atoms with van der Waals surface area (Å²) >= 11 is 29.7. The molecule has 4 bridgehead atoms. The molecule has 0 aromatic rings. The summed E-state index contributed by atoms with van der Waals surface area (Å²) in [6.07, 6.45) is 3.90. The van der Waals surface area contributed by atoms with E-state index in [1.165, 1.54) is 0 Å². The molecule has 4 aliphatic rings. The molecule has 4 aliphatic carbocycles. The second kappa shape index (κ2) is 9.18. The fraction of sp³-hybridized carbons (Fsp3) is 0.824. The number of alkyl halides is 9. The summed E-state index contributed by atoms with van der Waals surface area (Å²) in [5.74, 6) is -0.840. The molecule has 3 amide bonds. The van der Waals surface area contributed by atoms with E-state index >= 15 is 0 Å². The zero-order valence-electron chi connectivity index (χ0n) is 16.4. The van der Waals surface area contributed by atoms with E-state index < -0.39 is 23.0 Å². The van der Waals surface area contributed by atoms with E-state index in [1.54, 1.807) is 0 Å². The van der Waals surface area contributed by atoms with Gasteiger partial charge in [-0.05, 0) is 187 Å². The second-order valence-electron chi connectivity index (χ2n) is 9.57. The molecule has 4 fully saturated rings. The number of hydrogen-bond acceptors (Lipinski definition) is 3. The predicted molar refractivity (Wildman–Crippen MR) is 157 cm³/mol. The number of nitrogens with one attached hydrogen (secondary N) is 3. The third-order valence-corrected chi connectivity index (χ3v) is 9.48. The van der Waals surface area contributed by atoms with Crippen molar-refractivity contribution in [3.63, 3.8) is 0 Å². The lowest BCUT2D eigenvalue weighted by Gasteiger charge is -2.70. The Morgan fingerprint density at radius 2 is 0.750 bits per heavy atom. The summed E-state index contributed by atoms with van der Waals surface area (Å²) in [7, 11) is 0. The molecule has 182 valence electrons. The lowest BCUT2D eigenvalue weighted by atomic mass is 9.42.